The van der Waals surface area contributed by atoms with Crippen LogP contribution in [0.15, 0.2) is 18.2 Å². The summed E-state index contributed by atoms with van der Waals surface area (Å²) < 4.78 is 0. The van der Waals surface area contributed by atoms with E-state index in [9.17, 15) is 14.4 Å². The van der Waals surface area contributed by atoms with Gasteiger partial charge in [-0.25, -0.2) is 0 Å². The van der Waals surface area contributed by atoms with Crippen molar-refractivity contribution in [1.82, 2.24) is 5.32 Å². The first-order valence-electron chi connectivity index (χ1n) is 10.1. The molecule has 2 aliphatic heterocycles. The number of hydrogen-bond donors (Lipinski definition) is 1. The summed E-state index contributed by atoms with van der Waals surface area (Å²) in [6.07, 6.45) is 6.39. The van der Waals surface area contributed by atoms with Crippen LogP contribution in [0.5, 0.6) is 0 Å². The maximum atomic E-state index is 12.6. The molecule has 1 atom stereocenters. The highest BCUT2D eigenvalue weighted by Crippen LogP contribution is 2.37. The van der Waals surface area contributed by atoms with Crippen molar-refractivity contribution >= 4 is 29.1 Å². The number of rotatable bonds is 4. The van der Waals surface area contributed by atoms with Crippen LogP contribution in [-0.4, -0.2) is 36.9 Å². The van der Waals surface area contributed by atoms with Crippen molar-refractivity contribution in [2.24, 2.45) is 11.8 Å². The van der Waals surface area contributed by atoms with Gasteiger partial charge >= 0.3 is 0 Å². The molecule has 6 nitrogen and oxygen atoms in total. The van der Waals surface area contributed by atoms with Crippen LogP contribution in [0.4, 0.5) is 11.4 Å². The molecule has 2 heterocycles. The van der Waals surface area contributed by atoms with Gasteiger partial charge in [-0.05, 0) is 55.9 Å². The van der Waals surface area contributed by atoms with Crippen molar-refractivity contribution in [3.63, 3.8) is 0 Å². The van der Waals surface area contributed by atoms with Gasteiger partial charge in [-0.15, -0.1) is 0 Å². The van der Waals surface area contributed by atoms with Gasteiger partial charge in [-0.2, -0.15) is 0 Å². The summed E-state index contributed by atoms with van der Waals surface area (Å²) in [5.74, 6) is 0.199. The summed E-state index contributed by atoms with van der Waals surface area (Å²) in [5.41, 5.74) is 2.96. The number of anilines is 2. The first-order chi connectivity index (χ1) is 13.1. The highest BCUT2D eigenvalue weighted by molar-refractivity contribution is 6.01. The van der Waals surface area contributed by atoms with Crippen molar-refractivity contribution in [3.05, 3.63) is 23.8 Å². The van der Waals surface area contributed by atoms with E-state index in [0.717, 1.165) is 62.0 Å². The van der Waals surface area contributed by atoms with Crippen LogP contribution in [-0.2, 0) is 20.8 Å². The molecule has 1 aromatic rings. The van der Waals surface area contributed by atoms with E-state index in [-0.39, 0.29) is 36.0 Å². The molecular weight excluding hydrogens is 342 g/mol. The molecule has 6 heteroatoms. The monoisotopic (exact) mass is 367 g/mol. The van der Waals surface area contributed by atoms with E-state index in [1.807, 2.05) is 23.1 Å². The van der Waals surface area contributed by atoms with Gasteiger partial charge in [0.2, 0.25) is 17.7 Å². The minimum Gasteiger partial charge on any atom is -0.353 e. The summed E-state index contributed by atoms with van der Waals surface area (Å²) >= 11 is 0. The van der Waals surface area contributed by atoms with E-state index >= 15 is 0 Å². The third-order valence-corrected chi connectivity index (χ3v) is 6.41. The number of nitrogens with one attached hydrogen (secondary N) is 1. The minimum absolute atomic E-state index is 0.00583. The zero-order valence-corrected chi connectivity index (χ0v) is 15.4. The first-order valence-corrected chi connectivity index (χ1v) is 10.1. The Kier molecular flexibility index (Phi) is 3.95. The largest absolute Gasteiger partial charge is 0.353 e. The van der Waals surface area contributed by atoms with Gasteiger partial charge in [-0.3, -0.25) is 14.4 Å². The van der Waals surface area contributed by atoms with E-state index in [4.69, 9.17) is 0 Å². The SMILES string of the molecule is O=C(NC1CC1)C1CC(=O)N(c2ccc3c(c2)CCN3C(=O)C2CCC2)C1. The smallest absolute Gasteiger partial charge is 0.230 e. The highest BCUT2D eigenvalue weighted by Gasteiger charge is 2.38. The van der Waals surface area contributed by atoms with E-state index in [1.54, 1.807) is 4.90 Å². The molecular formula is C21H25N3O3. The Labute approximate surface area is 158 Å². The predicted molar refractivity (Wildman–Crippen MR) is 101 cm³/mol. The molecule has 1 saturated heterocycles. The quantitative estimate of drug-likeness (QED) is 0.885. The van der Waals surface area contributed by atoms with Crippen LogP contribution in [0.2, 0.25) is 0 Å². The molecule has 1 N–H and O–H groups in total. The summed E-state index contributed by atoms with van der Waals surface area (Å²) in [6, 6.07) is 6.24. The van der Waals surface area contributed by atoms with E-state index in [0.29, 0.717) is 12.6 Å². The van der Waals surface area contributed by atoms with Gasteiger partial charge in [0.1, 0.15) is 0 Å². The summed E-state index contributed by atoms with van der Waals surface area (Å²) in [6.45, 7) is 1.18. The number of carbonyl (C=O) groups is 3. The minimum atomic E-state index is -0.261. The van der Waals surface area contributed by atoms with Gasteiger partial charge in [0.15, 0.2) is 0 Å². The Bertz CT molecular complexity index is 813. The second kappa shape index (κ2) is 6.36. The second-order valence-electron chi connectivity index (χ2n) is 8.37. The maximum absolute atomic E-state index is 12.6. The molecule has 5 rings (SSSR count). The second-order valence-corrected chi connectivity index (χ2v) is 8.37. The molecule has 0 bridgehead atoms. The average molecular weight is 367 g/mol. The lowest BCUT2D eigenvalue weighted by molar-refractivity contribution is -0.126. The third kappa shape index (κ3) is 3.01. The summed E-state index contributed by atoms with van der Waals surface area (Å²) in [7, 11) is 0. The molecule has 2 saturated carbocycles. The van der Waals surface area contributed by atoms with Gasteiger partial charge in [-0.1, -0.05) is 6.42 Å². The zero-order valence-electron chi connectivity index (χ0n) is 15.4. The predicted octanol–water partition coefficient (Wildman–Crippen LogP) is 2.01. The molecule has 1 aromatic carbocycles. The summed E-state index contributed by atoms with van der Waals surface area (Å²) in [4.78, 5) is 41.0. The standard InChI is InChI=1S/C21H25N3O3/c25-19-11-15(20(26)22-16-4-5-16)12-24(19)17-6-7-18-14(10-17)8-9-23(18)21(27)13-2-1-3-13/h6-7,10,13,15-16H,1-5,8-9,11-12H2,(H,22,26). The molecule has 142 valence electrons. The maximum Gasteiger partial charge on any atom is 0.230 e. The molecule has 4 aliphatic rings. The number of hydrogen-bond acceptors (Lipinski definition) is 3. The van der Waals surface area contributed by atoms with Crippen LogP contribution in [0.3, 0.4) is 0 Å². The fraction of sp³-hybridized carbons (Fsp3) is 0.571. The Hall–Kier alpha value is -2.37. The number of amides is 3. The number of carbonyl (C=O) groups excluding carboxylic acids is 3. The Morgan fingerprint density at radius 1 is 1.07 bits per heavy atom. The van der Waals surface area contributed by atoms with Crippen molar-refractivity contribution < 1.29 is 14.4 Å². The van der Waals surface area contributed by atoms with E-state index in [2.05, 4.69) is 5.32 Å². The molecule has 0 radical (unpaired) electrons. The number of benzene rings is 1. The lowest BCUT2D eigenvalue weighted by atomic mass is 9.84. The summed E-state index contributed by atoms with van der Waals surface area (Å²) in [5, 5.41) is 3.01. The lowest BCUT2D eigenvalue weighted by Crippen LogP contribution is -2.37. The van der Waals surface area contributed by atoms with Crippen LogP contribution < -0.4 is 15.1 Å². The van der Waals surface area contributed by atoms with Crippen molar-refractivity contribution in [1.29, 1.82) is 0 Å². The zero-order chi connectivity index (χ0) is 18.5. The number of nitrogens with zero attached hydrogens (tertiary/aromatic N) is 2. The van der Waals surface area contributed by atoms with Crippen LogP contribution in [0.1, 0.15) is 44.1 Å². The molecule has 27 heavy (non-hydrogen) atoms. The van der Waals surface area contributed by atoms with Gasteiger partial charge < -0.3 is 15.1 Å². The Morgan fingerprint density at radius 3 is 2.59 bits per heavy atom. The lowest BCUT2D eigenvalue weighted by Gasteiger charge is -2.29. The molecule has 0 aromatic heterocycles. The van der Waals surface area contributed by atoms with Crippen molar-refractivity contribution in [3.8, 4) is 0 Å². The number of fused-ring (bicyclic) bond motifs is 1. The molecule has 2 aliphatic carbocycles. The fourth-order valence-electron chi connectivity index (χ4n) is 4.34. The van der Waals surface area contributed by atoms with Gasteiger partial charge in [0, 0.05) is 42.8 Å². The molecule has 3 fully saturated rings. The van der Waals surface area contributed by atoms with Crippen LogP contribution in [0, 0.1) is 11.8 Å². The fourth-order valence-corrected chi connectivity index (χ4v) is 4.34. The van der Waals surface area contributed by atoms with E-state index < -0.39 is 0 Å². The Morgan fingerprint density at radius 2 is 1.89 bits per heavy atom. The van der Waals surface area contributed by atoms with Gasteiger partial charge in [0.05, 0.1) is 5.92 Å². The molecule has 3 amide bonds. The van der Waals surface area contributed by atoms with Crippen LogP contribution in [0.25, 0.3) is 0 Å². The average Bonchev–Trinajstić information content (AvgIpc) is 3.17. The topological polar surface area (TPSA) is 69.7 Å². The van der Waals surface area contributed by atoms with Gasteiger partial charge in [0.25, 0.3) is 0 Å². The molecule has 0 spiro atoms. The normalized spacial score (nSPS) is 24.7. The first kappa shape index (κ1) is 16.8. The van der Waals surface area contributed by atoms with E-state index in [1.165, 1.54) is 0 Å². The highest BCUT2D eigenvalue weighted by atomic mass is 16.2. The Balaban J connectivity index is 1.31. The molecule has 1 unspecified atom stereocenters. The third-order valence-electron chi connectivity index (χ3n) is 6.41. The van der Waals surface area contributed by atoms with Crippen LogP contribution >= 0.6 is 0 Å². The van der Waals surface area contributed by atoms with Crippen molar-refractivity contribution in [2.45, 2.75) is 51.0 Å². The van der Waals surface area contributed by atoms with Crippen molar-refractivity contribution in [2.75, 3.05) is 22.9 Å².